The lowest BCUT2D eigenvalue weighted by Gasteiger charge is -2.33. The molecule has 0 amide bonds. The molecule has 0 saturated carbocycles. The highest BCUT2D eigenvalue weighted by atomic mass is 32.2. The van der Waals surface area contributed by atoms with Gasteiger partial charge in [-0.3, -0.25) is 4.90 Å². The van der Waals surface area contributed by atoms with E-state index in [1.54, 1.807) is 12.3 Å². The standard InChI is InChI=1S/C17H21FN2O3S/c18-14-6-8-15(9-7-14)24(21,22)19-13-16(17-5-4-12-23-17)20-10-2-1-3-11-20/h4-9,12,16,19H,1-3,10-11,13H2/t16-/m1/s1. The summed E-state index contributed by atoms with van der Waals surface area (Å²) in [7, 11) is -3.69. The smallest absolute Gasteiger partial charge is 0.240 e. The highest BCUT2D eigenvalue weighted by molar-refractivity contribution is 7.89. The lowest BCUT2D eigenvalue weighted by molar-refractivity contribution is 0.147. The molecule has 1 atom stereocenters. The van der Waals surface area contributed by atoms with E-state index in [-0.39, 0.29) is 17.5 Å². The van der Waals surface area contributed by atoms with Gasteiger partial charge >= 0.3 is 0 Å². The van der Waals surface area contributed by atoms with Crippen LogP contribution in [0, 0.1) is 5.82 Å². The van der Waals surface area contributed by atoms with Crippen LogP contribution in [0.25, 0.3) is 0 Å². The van der Waals surface area contributed by atoms with E-state index in [1.807, 2.05) is 6.07 Å². The SMILES string of the molecule is O=S(=O)(NC[C@H](c1ccco1)N1CCCCC1)c1ccc(F)cc1. The number of nitrogens with zero attached hydrogens (tertiary/aromatic N) is 1. The number of piperidine rings is 1. The molecular formula is C17H21FN2O3S. The molecule has 1 aromatic carbocycles. The number of hydrogen-bond donors (Lipinski definition) is 1. The molecule has 1 aliphatic heterocycles. The van der Waals surface area contributed by atoms with Gasteiger partial charge in [0.25, 0.3) is 0 Å². The Kier molecular flexibility index (Phi) is 5.33. The Labute approximate surface area is 141 Å². The van der Waals surface area contributed by atoms with Crippen molar-refractivity contribution in [3.63, 3.8) is 0 Å². The molecule has 3 rings (SSSR count). The monoisotopic (exact) mass is 352 g/mol. The molecule has 0 unspecified atom stereocenters. The summed E-state index contributed by atoms with van der Waals surface area (Å²) in [4.78, 5) is 2.30. The second-order valence-electron chi connectivity index (χ2n) is 5.93. The minimum atomic E-state index is -3.69. The van der Waals surface area contributed by atoms with Gasteiger partial charge in [0.05, 0.1) is 17.2 Å². The van der Waals surface area contributed by atoms with Crippen molar-refractivity contribution in [2.24, 2.45) is 0 Å². The second-order valence-corrected chi connectivity index (χ2v) is 7.70. The maximum atomic E-state index is 13.0. The van der Waals surface area contributed by atoms with E-state index in [4.69, 9.17) is 4.42 Å². The van der Waals surface area contributed by atoms with Crippen LogP contribution in [0.2, 0.25) is 0 Å². The average molecular weight is 352 g/mol. The van der Waals surface area contributed by atoms with E-state index < -0.39 is 15.8 Å². The van der Waals surface area contributed by atoms with Gasteiger partial charge in [0, 0.05) is 6.54 Å². The first kappa shape index (κ1) is 17.1. The molecule has 1 aliphatic rings. The van der Waals surface area contributed by atoms with Crippen molar-refractivity contribution in [1.29, 1.82) is 0 Å². The van der Waals surface area contributed by atoms with E-state index in [1.165, 1.54) is 18.6 Å². The van der Waals surface area contributed by atoms with Crippen LogP contribution in [0.5, 0.6) is 0 Å². The van der Waals surface area contributed by atoms with E-state index in [9.17, 15) is 12.8 Å². The van der Waals surface area contributed by atoms with Crippen molar-refractivity contribution < 1.29 is 17.2 Å². The van der Waals surface area contributed by atoms with Gasteiger partial charge in [-0.05, 0) is 62.3 Å². The molecule has 2 heterocycles. The molecule has 130 valence electrons. The van der Waals surface area contributed by atoms with Crippen LogP contribution < -0.4 is 4.72 Å². The first-order valence-corrected chi connectivity index (χ1v) is 9.57. The van der Waals surface area contributed by atoms with Crippen molar-refractivity contribution in [2.75, 3.05) is 19.6 Å². The molecule has 1 N–H and O–H groups in total. The Bertz CT molecular complexity index is 739. The number of hydrogen-bond acceptors (Lipinski definition) is 4. The van der Waals surface area contributed by atoms with Crippen LogP contribution in [0.4, 0.5) is 4.39 Å². The van der Waals surface area contributed by atoms with Crippen molar-refractivity contribution in [3.8, 4) is 0 Å². The van der Waals surface area contributed by atoms with E-state index >= 15 is 0 Å². The quantitative estimate of drug-likeness (QED) is 0.868. The third-order valence-corrected chi connectivity index (χ3v) is 5.73. The lowest BCUT2D eigenvalue weighted by atomic mass is 10.1. The van der Waals surface area contributed by atoms with Crippen LogP contribution in [0.15, 0.2) is 52.0 Å². The summed E-state index contributed by atoms with van der Waals surface area (Å²) in [6, 6.07) is 8.34. The minimum Gasteiger partial charge on any atom is -0.468 e. The van der Waals surface area contributed by atoms with Gasteiger partial charge in [-0.15, -0.1) is 0 Å². The third kappa shape index (κ3) is 4.03. The van der Waals surface area contributed by atoms with Crippen molar-refractivity contribution >= 4 is 10.0 Å². The normalized spacial score (nSPS) is 17.7. The topological polar surface area (TPSA) is 62.6 Å². The number of likely N-dealkylation sites (tertiary alicyclic amines) is 1. The molecule has 24 heavy (non-hydrogen) atoms. The van der Waals surface area contributed by atoms with Gasteiger partial charge < -0.3 is 4.42 Å². The molecule has 0 aliphatic carbocycles. The van der Waals surface area contributed by atoms with Crippen molar-refractivity contribution in [2.45, 2.75) is 30.2 Å². The Morgan fingerprint density at radius 2 is 1.83 bits per heavy atom. The molecule has 7 heteroatoms. The maximum absolute atomic E-state index is 13.0. The zero-order valence-corrected chi connectivity index (χ0v) is 14.1. The summed E-state index contributed by atoms with van der Waals surface area (Å²) in [5.74, 6) is 0.287. The van der Waals surface area contributed by atoms with E-state index in [0.717, 1.165) is 43.8 Å². The largest absolute Gasteiger partial charge is 0.468 e. The minimum absolute atomic E-state index is 0.0562. The molecule has 1 aromatic heterocycles. The zero-order chi connectivity index (χ0) is 17.0. The Morgan fingerprint density at radius 1 is 1.12 bits per heavy atom. The van der Waals surface area contributed by atoms with Crippen LogP contribution >= 0.6 is 0 Å². The number of nitrogens with one attached hydrogen (secondary N) is 1. The van der Waals surface area contributed by atoms with Gasteiger partial charge in [0.1, 0.15) is 11.6 Å². The zero-order valence-electron chi connectivity index (χ0n) is 13.3. The van der Waals surface area contributed by atoms with Crippen molar-refractivity contribution in [1.82, 2.24) is 9.62 Å². The first-order chi connectivity index (χ1) is 11.6. The van der Waals surface area contributed by atoms with Gasteiger partial charge in [0.15, 0.2) is 0 Å². The molecule has 0 bridgehead atoms. The Hall–Kier alpha value is -1.70. The summed E-state index contributed by atoms with van der Waals surface area (Å²) in [5.41, 5.74) is 0. The van der Waals surface area contributed by atoms with Gasteiger partial charge in [-0.1, -0.05) is 6.42 Å². The highest BCUT2D eigenvalue weighted by Crippen LogP contribution is 2.25. The van der Waals surface area contributed by atoms with Crippen LogP contribution in [-0.4, -0.2) is 33.0 Å². The fourth-order valence-corrected chi connectivity index (χ4v) is 4.04. The maximum Gasteiger partial charge on any atom is 0.240 e. The summed E-state index contributed by atoms with van der Waals surface area (Å²) in [5, 5.41) is 0. The van der Waals surface area contributed by atoms with Crippen LogP contribution in [0.1, 0.15) is 31.1 Å². The lowest BCUT2D eigenvalue weighted by Crippen LogP contribution is -2.40. The molecule has 5 nitrogen and oxygen atoms in total. The molecule has 0 radical (unpaired) electrons. The predicted molar refractivity (Wildman–Crippen MR) is 88.5 cm³/mol. The third-order valence-electron chi connectivity index (χ3n) is 4.29. The number of halogens is 1. The molecule has 1 fully saturated rings. The second kappa shape index (κ2) is 7.46. The fraction of sp³-hybridized carbons (Fsp3) is 0.412. The number of rotatable bonds is 6. The van der Waals surface area contributed by atoms with Crippen molar-refractivity contribution in [3.05, 3.63) is 54.2 Å². The Balaban J connectivity index is 1.74. The average Bonchev–Trinajstić information content (AvgIpc) is 3.11. The number of benzene rings is 1. The fourth-order valence-electron chi connectivity index (χ4n) is 3.01. The molecule has 1 saturated heterocycles. The van der Waals surface area contributed by atoms with E-state index in [2.05, 4.69) is 9.62 Å². The van der Waals surface area contributed by atoms with Gasteiger partial charge in [0.2, 0.25) is 10.0 Å². The van der Waals surface area contributed by atoms with Gasteiger partial charge in [-0.25, -0.2) is 17.5 Å². The molecule has 0 spiro atoms. The summed E-state index contributed by atoms with van der Waals surface area (Å²) in [6.45, 7) is 2.06. The Morgan fingerprint density at radius 3 is 2.46 bits per heavy atom. The van der Waals surface area contributed by atoms with Gasteiger partial charge in [-0.2, -0.15) is 0 Å². The van der Waals surface area contributed by atoms with E-state index in [0.29, 0.717) is 0 Å². The summed E-state index contributed by atoms with van der Waals surface area (Å²) in [6.07, 6.45) is 4.99. The number of sulfonamides is 1. The first-order valence-electron chi connectivity index (χ1n) is 8.09. The van der Waals surface area contributed by atoms with Crippen LogP contribution in [0.3, 0.4) is 0 Å². The highest BCUT2D eigenvalue weighted by Gasteiger charge is 2.26. The predicted octanol–water partition coefficient (Wildman–Crippen LogP) is 2.92. The summed E-state index contributed by atoms with van der Waals surface area (Å²) >= 11 is 0. The summed E-state index contributed by atoms with van der Waals surface area (Å²) < 4.78 is 46.0. The molecular weight excluding hydrogens is 331 g/mol. The number of furan rings is 1. The molecule has 2 aromatic rings. The van der Waals surface area contributed by atoms with Crippen LogP contribution in [-0.2, 0) is 10.0 Å².